The fourth-order valence-corrected chi connectivity index (χ4v) is 2.48. The molecule has 0 aromatic carbocycles. The first-order valence-electron chi connectivity index (χ1n) is 8.34. The Morgan fingerprint density at radius 2 is 1.87 bits per heavy atom. The second kappa shape index (κ2) is 9.50. The summed E-state index contributed by atoms with van der Waals surface area (Å²) in [6.07, 6.45) is 0.818. The molecular weight excluding hydrogens is 419 g/mol. The maximum absolute atomic E-state index is 12.6. The number of nitrogens with one attached hydrogen (secondary N) is 2. The van der Waals surface area contributed by atoms with Gasteiger partial charge in [0.25, 0.3) is 0 Å². The van der Waals surface area contributed by atoms with E-state index in [1.165, 1.54) is 18.5 Å². The molecule has 0 saturated heterocycles. The number of rotatable bonds is 3. The molecule has 0 atom stereocenters. The molecule has 2 N–H and O–H groups in total. The maximum atomic E-state index is 12.6. The van der Waals surface area contributed by atoms with Crippen LogP contribution in [0.2, 0.25) is 0 Å². The van der Waals surface area contributed by atoms with Gasteiger partial charge in [0, 0.05) is 23.3 Å². The van der Waals surface area contributed by atoms with Gasteiger partial charge in [-0.15, -0.1) is 0 Å². The highest BCUT2D eigenvalue weighted by Gasteiger charge is 2.35. The summed E-state index contributed by atoms with van der Waals surface area (Å²) in [5.74, 6) is -1.32. The summed E-state index contributed by atoms with van der Waals surface area (Å²) in [5, 5.41) is 8.93. The lowest BCUT2D eigenvalue weighted by Crippen LogP contribution is -2.07. The second-order valence-electron chi connectivity index (χ2n) is 5.89. The van der Waals surface area contributed by atoms with Gasteiger partial charge >= 0.3 is 6.18 Å². The van der Waals surface area contributed by atoms with Crippen molar-refractivity contribution in [2.75, 3.05) is 14.1 Å². The topological polar surface area (TPSA) is 101 Å². The Morgan fingerprint density at radius 1 is 1.13 bits per heavy atom. The molecule has 0 bridgehead atoms. The van der Waals surface area contributed by atoms with Crippen molar-refractivity contribution in [1.29, 1.82) is 0 Å². The molecule has 4 rings (SSSR count). The largest absolute Gasteiger partial charge is 0.451 e. The molecule has 0 aliphatic heterocycles. The number of aromatic nitrogens is 6. The summed E-state index contributed by atoms with van der Waals surface area (Å²) in [6.45, 7) is 0. The molecule has 0 unspecified atom stereocenters. The van der Waals surface area contributed by atoms with Gasteiger partial charge in [0.15, 0.2) is 12.1 Å². The smallest absolute Gasteiger partial charge is 0.323 e. The van der Waals surface area contributed by atoms with Crippen LogP contribution < -0.4 is 5.32 Å². The number of pyridine rings is 2. The van der Waals surface area contributed by atoms with Crippen LogP contribution in [0.3, 0.4) is 0 Å². The van der Waals surface area contributed by atoms with E-state index < -0.39 is 12.0 Å². The van der Waals surface area contributed by atoms with Crippen LogP contribution in [0.15, 0.2) is 42.9 Å². The van der Waals surface area contributed by atoms with Crippen molar-refractivity contribution in [3.63, 3.8) is 0 Å². The van der Waals surface area contributed by atoms with E-state index in [0.29, 0.717) is 23.2 Å². The summed E-state index contributed by atoms with van der Waals surface area (Å²) >= 11 is 0. The van der Waals surface area contributed by atoms with E-state index in [9.17, 15) is 18.0 Å². The Labute approximate surface area is 176 Å². The molecule has 0 saturated carbocycles. The van der Waals surface area contributed by atoms with E-state index in [-0.39, 0.29) is 25.0 Å². The molecule has 0 amide bonds. The molecule has 0 aliphatic rings. The zero-order chi connectivity index (χ0) is 21.0. The van der Waals surface area contributed by atoms with Crippen molar-refractivity contribution in [1.82, 2.24) is 35.0 Å². The summed E-state index contributed by atoms with van der Waals surface area (Å²) < 4.78 is 39.5. The van der Waals surface area contributed by atoms with Crippen LogP contribution in [-0.2, 0) is 6.18 Å². The minimum absolute atomic E-state index is 0. The number of nitrogens with zero attached hydrogens (tertiary/aromatic N) is 5. The number of hydrogen-bond donors (Lipinski definition) is 2. The number of aromatic amines is 1. The molecule has 0 aliphatic carbocycles. The quantitative estimate of drug-likeness (QED) is 0.478. The van der Waals surface area contributed by atoms with Gasteiger partial charge < -0.3 is 5.32 Å². The fourth-order valence-electron chi connectivity index (χ4n) is 2.48. The van der Waals surface area contributed by atoms with Gasteiger partial charge in [-0.25, -0.2) is 9.97 Å². The van der Waals surface area contributed by atoms with Crippen LogP contribution >= 0.6 is 13.5 Å². The summed E-state index contributed by atoms with van der Waals surface area (Å²) in [4.78, 5) is 22.6. The number of H-pyrrole nitrogens is 1. The van der Waals surface area contributed by atoms with Crippen molar-refractivity contribution in [2.24, 2.45) is 0 Å². The number of hydrogen-bond acceptors (Lipinski definition) is 6. The van der Waals surface area contributed by atoms with E-state index in [1.54, 1.807) is 29.0 Å². The predicted octanol–water partition coefficient (Wildman–Crippen LogP) is 2.99. The molecule has 8 nitrogen and oxygen atoms in total. The Bertz CT molecular complexity index is 1120. The number of halogens is 3. The van der Waals surface area contributed by atoms with Crippen molar-refractivity contribution in [2.45, 2.75) is 6.18 Å². The zero-order valence-corrected chi connectivity index (χ0v) is 16.9. The van der Waals surface area contributed by atoms with Gasteiger partial charge in [-0.3, -0.25) is 19.4 Å². The molecule has 0 fully saturated rings. The maximum Gasteiger partial charge on any atom is 0.451 e. The Hall–Kier alpha value is -3.25. The highest BCUT2D eigenvalue weighted by Crippen LogP contribution is 2.27. The average molecular weight is 437 g/mol. The first-order chi connectivity index (χ1) is 13.9. The minimum atomic E-state index is -4.60. The molecular formula is C18H18F3N7OS. The minimum Gasteiger partial charge on any atom is -0.323 e. The van der Waals surface area contributed by atoms with Gasteiger partial charge in [0.05, 0.1) is 11.9 Å². The predicted molar refractivity (Wildman–Crippen MR) is 110 cm³/mol. The lowest BCUT2D eigenvalue weighted by molar-refractivity contribution is -0.144. The Kier molecular flexibility index (Phi) is 7.29. The third-order valence-electron chi connectivity index (χ3n) is 3.69. The van der Waals surface area contributed by atoms with E-state index in [1.807, 2.05) is 19.2 Å². The first-order valence-corrected chi connectivity index (χ1v) is 8.34. The molecule has 4 heterocycles. The van der Waals surface area contributed by atoms with Crippen LogP contribution in [0.1, 0.15) is 16.2 Å². The number of aldehydes is 1. The van der Waals surface area contributed by atoms with Crippen molar-refractivity contribution in [3.8, 4) is 17.2 Å². The van der Waals surface area contributed by atoms with Crippen molar-refractivity contribution >= 4 is 30.8 Å². The number of carbonyl (C=O) groups excluding carboxylic acids is 1. The average Bonchev–Trinajstić information content (AvgIpc) is 3.35. The Morgan fingerprint density at radius 3 is 2.43 bits per heavy atom. The lowest BCUT2D eigenvalue weighted by Gasteiger charge is -2.05. The second-order valence-corrected chi connectivity index (χ2v) is 5.89. The molecule has 4 aromatic heterocycles. The van der Waals surface area contributed by atoms with Gasteiger partial charge in [0.1, 0.15) is 11.3 Å². The standard InChI is InChI=1S/C16H9F3N6O.C2H7N.H2S/c17-16(18,19)15-22-13(23-24-15)12-2-1-11(7-20-12)25-4-3-10-5-9(8-26)6-21-14(10)25;1-3-2;/h1-8H,(H,22,23,24);3H,1-2H3;1H2. The normalized spacial score (nSPS) is 10.8. The van der Waals surface area contributed by atoms with Gasteiger partial charge in [-0.05, 0) is 38.4 Å². The van der Waals surface area contributed by atoms with E-state index in [4.69, 9.17) is 0 Å². The van der Waals surface area contributed by atoms with E-state index in [2.05, 4.69) is 25.4 Å². The molecule has 4 aromatic rings. The molecule has 158 valence electrons. The third kappa shape index (κ3) is 4.83. The molecule has 30 heavy (non-hydrogen) atoms. The fraction of sp³-hybridized carbons (Fsp3) is 0.167. The SMILES string of the molecule is CNC.O=Cc1cnc2c(ccn2-c2ccc(-c3n[nH]c(C(F)(F)F)n3)nc2)c1.S. The van der Waals surface area contributed by atoms with Crippen molar-refractivity contribution < 1.29 is 18.0 Å². The zero-order valence-electron chi connectivity index (χ0n) is 15.9. The summed E-state index contributed by atoms with van der Waals surface area (Å²) in [6, 6.07) is 6.69. The number of fused-ring (bicyclic) bond motifs is 1. The highest BCUT2D eigenvalue weighted by atomic mass is 32.1. The van der Waals surface area contributed by atoms with E-state index >= 15 is 0 Å². The monoisotopic (exact) mass is 437 g/mol. The van der Waals surface area contributed by atoms with Crippen LogP contribution in [-0.4, -0.2) is 50.1 Å². The third-order valence-corrected chi connectivity index (χ3v) is 3.69. The van der Waals surface area contributed by atoms with Crippen LogP contribution in [0, 0.1) is 0 Å². The molecule has 0 radical (unpaired) electrons. The van der Waals surface area contributed by atoms with Gasteiger partial charge in [-0.1, -0.05) is 0 Å². The van der Waals surface area contributed by atoms with E-state index in [0.717, 1.165) is 5.39 Å². The lowest BCUT2D eigenvalue weighted by atomic mass is 10.2. The molecule has 0 spiro atoms. The number of alkyl halides is 3. The summed E-state index contributed by atoms with van der Waals surface area (Å²) in [5.41, 5.74) is 1.95. The van der Waals surface area contributed by atoms with Gasteiger partial charge in [-0.2, -0.15) is 31.8 Å². The number of carbonyl (C=O) groups is 1. The first kappa shape index (κ1) is 23.0. The Balaban J connectivity index is 0.000000757. The highest BCUT2D eigenvalue weighted by molar-refractivity contribution is 7.59. The van der Waals surface area contributed by atoms with Crippen LogP contribution in [0.4, 0.5) is 13.2 Å². The van der Waals surface area contributed by atoms with Crippen LogP contribution in [0.25, 0.3) is 28.2 Å². The van der Waals surface area contributed by atoms with Crippen LogP contribution in [0.5, 0.6) is 0 Å². The summed E-state index contributed by atoms with van der Waals surface area (Å²) in [7, 11) is 3.75. The van der Waals surface area contributed by atoms with Crippen molar-refractivity contribution in [3.05, 3.63) is 54.2 Å². The van der Waals surface area contributed by atoms with Gasteiger partial charge in [0.2, 0.25) is 5.82 Å². The molecule has 12 heteroatoms.